The van der Waals surface area contributed by atoms with Crippen LogP contribution >= 0.6 is 0 Å². The molecule has 0 bridgehead atoms. The van der Waals surface area contributed by atoms with Gasteiger partial charge in [0, 0.05) is 12.5 Å². The van der Waals surface area contributed by atoms with Crippen molar-refractivity contribution >= 4 is 11.9 Å². The van der Waals surface area contributed by atoms with E-state index in [0.29, 0.717) is 11.6 Å². The number of hydrogen-bond acceptors (Lipinski definition) is 4. The van der Waals surface area contributed by atoms with Crippen LogP contribution < -0.4 is 5.32 Å². The molecule has 0 aliphatic heterocycles. The summed E-state index contributed by atoms with van der Waals surface area (Å²) in [5, 5.41) is 11.4. The number of aromatic nitrogens is 5. The molecule has 0 spiro atoms. The molecule has 124 valence electrons. The lowest BCUT2D eigenvalue weighted by atomic mass is 9.92. The Labute approximate surface area is 140 Å². The molecule has 0 aliphatic carbocycles. The largest absolute Gasteiger partial charge is 0.289 e. The highest BCUT2D eigenvalue weighted by molar-refractivity contribution is 6.02. The van der Waals surface area contributed by atoms with E-state index in [2.05, 4.69) is 41.3 Å². The van der Waals surface area contributed by atoms with E-state index in [1.807, 2.05) is 30.3 Å². The molecule has 7 heteroatoms. The predicted molar refractivity (Wildman–Crippen MR) is 91.2 cm³/mol. The lowest BCUT2D eigenvalue weighted by Gasteiger charge is -2.13. The molecule has 0 aliphatic rings. The maximum absolute atomic E-state index is 12.6. The number of para-hydroxylation sites is 1. The van der Waals surface area contributed by atoms with Crippen molar-refractivity contribution < 1.29 is 4.79 Å². The molecule has 2 heterocycles. The molecule has 0 saturated carbocycles. The topological polar surface area (TPSA) is 77.6 Å². The van der Waals surface area contributed by atoms with Gasteiger partial charge in [0.15, 0.2) is 0 Å². The van der Waals surface area contributed by atoms with Gasteiger partial charge in [-0.3, -0.25) is 14.8 Å². The van der Waals surface area contributed by atoms with Gasteiger partial charge >= 0.3 is 0 Å². The average Bonchev–Trinajstić information content (AvgIpc) is 3.14. The Balaban J connectivity index is 1.87. The molecule has 0 fully saturated rings. The van der Waals surface area contributed by atoms with E-state index < -0.39 is 0 Å². The van der Waals surface area contributed by atoms with Crippen molar-refractivity contribution in [2.75, 3.05) is 5.32 Å². The Hall–Kier alpha value is -2.96. The van der Waals surface area contributed by atoms with Crippen molar-refractivity contribution in [2.24, 2.45) is 7.05 Å². The SMILES string of the molecule is Cn1nc(C(C)(C)C)cc1C(=O)Nc1ncnn1-c1ccccc1. The van der Waals surface area contributed by atoms with Gasteiger partial charge in [0.2, 0.25) is 5.95 Å². The number of nitrogens with zero attached hydrogens (tertiary/aromatic N) is 5. The highest BCUT2D eigenvalue weighted by atomic mass is 16.2. The number of amides is 1. The van der Waals surface area contributed by atoms with Gasteiger partial charge in [-0.1, -0.05) is 39.0 Å². The molecule has 1 aromatic carbocycles. The zero-order valence-corrected chi connectivity index (χ0v) is 14.2. The summed E-state index contributed by atoms with van der Waals surface area (Å²) >= 11 is 0. The summed E-state index contributed by atoms with van der Waals surface area (Å²) < 4.78 is 3.16. The van der Waals surface area contributed by atoms with E-state index in [1.165, 1.54) is 6.33 Å². The second kappa shape index (κ2) is 5.92. The first-order valence-electron chi connectivity index (χ1n) is 7.67. The fourth-order valence-electron chi connectivity index (χ4n) is 2.30. The summed E-state index contributed by atoms with van der Waals surface area (Å²) in [5.41, 5.74) is 2.04. The van der Waals surface area contributed by atoms with Crippen LogP contribution in [0.15, 0.2) is 42.7 Å². The highest BCUT2D eigenvalue weighted by Crippen LogP contribution is 2.22. The second-order valence-corrected chi connectivity index (χ2v) is 6.57. The summed E-state index contributed by atoms with van der Waals surface area (Å²) in [4.78, 5) is 16.7. The molecule has 1 N–H and O–H groups in total. The molecule has 24 heavy (non-hydrogen) atoms. The Kier molecular flexibility index (Phi) is 3.92. The lowest BCUT2D eigenvalue weighted by Crippen LogP contribution is -2.18. The van der Waals surface area contributed by atoms with Crippen LogP contribution in [0.4, 0.5) is 5.95 Å². The predicted octanol–water partition coefficient (Wildman–Crippen LogP) is 2.55. The fraction of sp³-hybridized carbons (Fsp3) is 0.294. The van der Waals surface area contributed by atoms with Crippen molar-refractivity contribution in [1.82, 2.24) is 24.5 Å². The Morgan fingerprint density at radius 2 is 1.88 bits per heavy atom. The van der Waals surface area contributed by atoms with Crippen LogP contribution in [0.1, 0.15) is 37.0 Å². The number of benzene rings is 1. The minimum absolute atomic E-state index is 0.125. The third-order valence-electron chi connectivity index (χ3n) is 3.65. The van der Waals surface area contributed by atoms with E-state index in [1.54, 1.807) is 22.5 Å². The highest BCUT2D eigenvalue weighted by Gasteiger charge is 2.22. The van der Waals surface area contributed by atoms with Gasteiger partial charge < -0.3 is 0 Å². The molecule has 3 rings (SSSR count). The molecular weight excluding hydrogens is 304 g/mol. The Morgan fingerprint density at radius 3 is 2.50 bits per heavy atom. The van der Waals surface area contributed by atoms with Crippen molar-refractivity contribution in [1.29, 1.82) is 0 Å². The third-order valence-corrected chi connectivity index (χ3v) is 3.65. The van der Waals surface area contributed by atoms with Gasteiger partial charge in [-0.15, -0.1) is 0 Å². The minimum atomic E-state index is -0.273. The van der Waals surface area contributed by atoms with E-state index >= 15 is 0 Å². The molecule has 0 unspecified atom stereocenters. The quantitative estimate of drug-likeness (QED) is 0.803. The smallest absolute Gasteiger partial charge is 0.276 e. The van der Waals surface area contributed by atoms with Crippen LogP contribution in [0.5, 0.6) is 0 Å². The van der Waals surface area contributed by atoms with E-state index in [0.717, 1.165) is 11.4 Å². The summed E-state index contributed by atoms with van der Waals surface area (Å²) in [7, 11) is 1.76. The number of hydrogen-bond donors (Lipinski definition) is 1. The molecule has 3 aromatic rings. The second-order valence-electron chi connectivity index (χ2n) is 6.57. The van der Waals surface area contributed by atoms with Crippen molar-refractivity contribution in [3.63, 3.8) is 0 Å². The van der Waals surface area contributed by atoms with Crippen molar-refractivity contribution in [3.05, 3.63) is 54.1 Å². The van der Waals surface area contributed by atoms with E-state index in [-0.39, 0.29) is 11.3 Å². The third kappa shape index (κ3) is 3.05. The fourth-order valence-corrected chi connectivity index (χ4v) is 2.30. The first kappa shape index (κ1) is 15.9. The van der Waals surface area contributed by atoms with Gasteiger partial charge in [0.05, 0.1) is 11.4 Å². The van der Waals surface area contributed by atoms with Crippen LogP contribution in [0.2, 0.25) is 0 Å². The van der Waals surface area contributed by atoms with Gasteiger partial charge in [-0.25, -0.2) is 0 Å². The van der Waals surface area contributed by atoms with Crippen LogP contribution in [0.25, 0.3) is 5.69 Å². The minimum Gasteiger partial charge on any atom is -0.289 e. The number of anilines is 1. The van der Waals surface area contributed by atoms with Crippen LogP contribution in [-0.2, 0) is 12.5 Å². The lowest BCUT2D eigenvalue weighted by molar-refractivity contribution is 0.101. The Morgan fingerprint density at radius 1 is 1.17 bits per heavy atom. The van der Waals surface area contributed by atoms with E-state index in [4.69, 9.17) is 0 Å². The van der Waals surface area contributed by atoms with Gasteiger partial charge in [-0.05, 0) is 18.2 Å². The standard InChI is InChI=1S/C17H20N6O/c1-17(2,3)14-10-13(22(4)21-14)15(24)20-16-18-11-19-23(16)12-8-6-5-7-9-12/h5-11H,1-4H3,(H,18,19,20,24). The maximum atomic E-state index is 12.6. The number of nitrogens with one attached hydrogen (secondary N) is 1. The van der Waals surface area contributed by atoms with Gasteiger partial charge in [-0.2, -0.15) is 19.9 Å². The summed E-state index contributed by atoms with van der Waals surface area (Å²) in [6, 6.07) is 11.3. The summed E-state index contributed by atoms with van der Waals surface area (Å²) in [5.74, 6) is 0.0930. The van der Waals surface area contributed by atoms with Crippen LogP contribution in [0, 0.1) is 0 Å². The number of aryl methyl sites for hydroxylation is 1. The summed E-state index contributed by atoms with van der Waals surface area (Å²) in [6.45, 7) is 6.18. The van der Waals surface area contributed by atoms with Gasteiger partial charge in [0.25, 0.3) is 5.91 Å². The molecular formula is C17H20N6O. The number of carbonyl (C=O) groups excluding carboxylic acids is 1. The average molecular weight is 324 g/mol. The zero-order chi connectivity index (χ0) is 17.3. The molecule has 0 atom stereocenters. The van der Waals surface area contributed by atoms with Crippen molar-refractivity contribution in [2.45, 2.75) is 26.2 Å². The zero-order valence-electron chi connectivity index (χ0n) is 14.2. The van der Waals surface area contributed by atoms with Gasteiger partial charge in [0.1, 0.15) is 12.0 Å². The molecule has 0 radical (unpaired) electrons. The molecule has 7 nitrogen and oxygen atoms in total. The first-order chi connectivity index (χ1) is 11.4. The normalized spacial score (nSPS) is 11.5. The summed E-state index contributed by atoms with van der Waals surface area (Å²) in [6.07, 6.45) is 1.41. The number of rotatable bonds is 3. The molecule has 0 saturated heterocycles. The van der Waals surface area contributed by atoms with Crippen molar-refractivity contribution in [3.8, 4) is 5.69 Å². The molecule has 1 amide bonds. The Bertz CT molecular complexity index is 857. The number of carbonyl (C=O) groups is 1. The maximum Gasteiger partial charge on any atom is 0.276 e. The molecule has 2 aromatic heterocycles. The first-order valence-corrected chi connectivity index (χ1v) is 7.67. The van der Waals surface area contributed by atoms with E-state index in [9.17, 15) is 4.79 Å². The van der Waals surface area contributed by atoms with Crippen LogP contribution in [-0.4, -0.2) is 30.5 Å². The van der Waals surface area contributed by atoms with Crippen LogP contribution in [0.3, 0.4) is 0 Å². The monoisotopic (exact) mass is 324 g/mol.